The molecular formula is C18H24ClNO. The van der Waals surface area contributed by atoms with Crippen LogP contribution >= 0.6 is 11.6 Å². The lowest BCUT2D eigenvalue weighted by molar-refractivity contribution is 0.0191. The second-order valence-electron chi connectivity index (χ2n) is 7.02. The van der Waals surface area contributed by atoms with Crippen LogP contribution in [0.3, 0.4) is 0 Å². The van der Waals surface area contributed by atoms with Crippen molar-refractivity contribution in [3.8, 4) is 0 Å². The molecule has 21 heavy (non-hydrogen) atoms. The minimum Gasteiger partial charge on any atom is -0.378 e. The Morgan fingerprint density at radius 2 is 2.10 bits per heavy atom. The third-order valence-electron chi connectivity index (χ3n) is 5.87. The molecule has 1 saturated heterocycles. The van der Waals surface area contributed by atoms with Crippen LogP contribution in [0.5, 0.6) is 0 Å². The molecule has 0 radical (unpaired) electrons. The Kier molecular flexibility index (Phi) is 3.52. The Morgan fingerprint density at radius 3 is 2.76 bits per heavy atom. The molecule has 2 saturated carbocycles. The van der Waals surface area contributed by atoms with Gasteiger partial charge in [-0.2, -0.15) is 0 Å². The van der Waals surface area contributed by atoms with E-state index in [-0.39, 0.29) is 5.54 Å². The number of nitrogens with one attached hydrogen (secondary N) is 1. The summed E-state index contributed by atoms with van der Waals surface area (Å²) in [5.74, 6) is 1.39. The molecule has 1 aromatic rings. The van der Waals surface area contributed by atoms with Gasteiger partial charge in [-0.1, -0.05) is 43.0 Å². The Balaban J connectivity index is 1.42. The van der Waals surface area contributed by atoms with Crippen LogP contribution in [-0.2, 0) is 10.3 Å². The first-order valence-electron chi connectivity index (χ1n) is 8.35. The Bertz CT molecular complexity index is 540. The number of aryl methyl sites for hydroxylation is 1. The molecule has 0 spiro atoms. The molecule has 1 heterocycles. The van der Waals surface area contributed by atoms with Gasteiger partial charge in [0.2, 0.25) is 0 Å². The highest BCUT2D eigenvalue weighted by Gasteiger charge is 2.71. The summed E-state index contributed by atoms with van der Waals surface area (Å²) in [5.41, 5.74) is 2.68. The van der Waals surface area contributed by atoms with Gasteiger partial charge in [-0.15, -0.1) is 0 Å². The summed E-state index contributed by atoms with van der Waals surface area (Å²) < 4.78 is 6.22. The van der Waals surface area contributed by atoms with Gasteiger partial charge < -0.3 is 10.1 Å². The third kappa shape index (κ3) is 2.23. The van der Waals surface area contributed by atoms with Crippen LogP contribution in [-0.4, -0.2) is 19.3 Å². The number of fused-ring (bicyclic) bond motifs is 1. The zero-order valence-electron chi connectivity index (χ0n) is 12.7. The number of benzene rings is 1. The molecular weight excluding hydrogens is 282 g/mol. The van der Waals surface area contributed by atoms with Crippen LogP contribution in [0, 0.1) is 18.8 Å². The van der Waals surface area contributed by atoms with Crippen LogP contribution in [0.1, 0.15) is 43.2 Å². The average Bonchev–Trinajstić information content (AvgIpc) is 2.95. The molecule has 0 bridgehead atoms. The Hall–Kier alpha value is -0.570. The summed E-state index contributed by atoms with van der Waals surface area (Å²) >= 11 is 6.31. The average molecular weight is 306 g/mol. The van der Waals surface area contributed by atoms with E-state index in [1.165, 1.54) is 37.7 Å². The fraction of sp³-hybridized carbons (Fsp3) is 0.667. The van der Waals surface area contributed by atoms with E-state index in [1.54, 1.807) is 0 Å². The maximum atomic E-state index is 6.31. The van der Waals surface area contributed by atoms with Gasteiger partial charge in [0.15, 0.2) is 0 Å². The standard InChI is InChI=1S/C18H24ClNO/c1-12-7-8-13(9-17(12)19)18-15(10-20-18)16(18)11-21-14-5-3-2-4-6-14/h7-9,14-16,20H,2-6,10-11H2,1H3/t15-,16-,18-/m1/s1. The minimum absolute atomic E-state index is 0.173. The molecule has 3 atom stereocenters. The van der Waals surface area contributed by atoms with Gasteiger partial charge in [0, 0.05) is 23.4 Å². The molecule has 1 N–H and O–H groups in total. The van der Waals surface area contributed by atoms with E-state index in [2.05, 4.69) is 30.4 Å². The Labute approximate surface area is 132 Å². The molecule has 0 amide bonds. The third-order valence-corrected chi connectivity index (χ3v) is 6.28. The first kappa shape index (κ1) is 14.0. The molecule has 3 heteroatoms. The van der Waals surface area contributed by atoms with Crippen molar-refractivity contribution in [2.45, 2.75) is 50.7 Å². The zero-order chi connectivity index (χ0) is 14.4. The van der Waals surface area contributed by atoms with E-state index in [1.807, 2.05) is 0 Å². The molecule has 0 unspecified atom stereocenters. The van der Waals surface area contributed by atoms with Crippen molar-refractivity contribution in [1.82, 2.24) is 5.32 Å². The lowest BCUT2D eigenvalue weighted by Crippen LogP contribution is -2.43. The number of hydrogen-bond acceptors (Lipinski definition) is 2. The quantitative estimate of drug-likeness (QED) is 0.906. The topological polar surface area (TPSA) is 21.3 Å². The summed E-state index contributed by atoms with van der Waals surface area (Å²) in [6.07, 6.45) is 7.10. The van der Waals surface area contributed by atoms with Gasteiger partial charge in [-0.25, -0.2) is 0 Å². The molecule has 4 rings (SSSR count). The molecule has 3 aliphatic rings. The van der Waals surface area contributed by atoms with Gasteiger partial charge in [0.05, 0.1) is 18.2 Å². The minimum atomic E-state index is 0.173. The molecule has 1 aliphatic heterocycles. The first-order chi connectivity index (χ1) is 10.2. The maximum Gasteiger partial charge on any atom is 0.0575 e. The summed E-state index contributed by atoms with van der Waals surface area (Å²) in [7, 11) is 0. The Morgan fingerprint density at radius 1 is 1.29 bits per heavy atom. The number of halogens is 1. The SMILES string of the molecule is Cc1ccc([C@@]23NC[C@@H]2[C@H]3COC2CCCCC2)cc1Cl. The van der Waals surface area contributed by atoms with Gasteiger partial charge in [0.1, 0.15) is 0 Å². The van der Waals surface area contributed by atoms with Crippen LogP contribution in [0.4, 0.5) is 0 Å². The summed E-state index contributed by atoms with van der Waals surface area (Å²) in [6.45, 7) is 4.10. The highest BCUT2D eigenvalue weighted by Crippen LogP contribution is 2.63. The van der Waals surface area contributed by atoms with Crippen molar-refractivity contribution in [3.05, 3.63) is 34.3 Å². The highest BCUT2D eigenvalue weighted by molar-refractivity contribution is 6.31. The smallest absolute Gasteiger partial charge is 0.0575 e. The van der Waals surface area contributed by atoms with E-state index < -0.39 is 0 Å². The van der Waals surface area contributed by atoms with E-state index in [4.69, 9.17) is 16.3 Å². The fourth-order valence-electron chi connectivity index (χ4n) is 4.35. The lowest BCUT2D eigenvalue weighted by Gasteiger charge is -2.29. The van der Waals surface area contributed by atoms with Gasteiger partial charge in [-0.05, 0) is 37.0 Å². The monoisotopic (exact) mass is 305 g/mol. The van der Waals surface area contributed by atoms with E-state index in [0.29, 0.717) is 12.0 Å². The van der Waals surface area contributed by atoms with Gasteiger partial charge >= 0.3 is 0 Å². The second-order valence-corrected chi connectivity index (χ2v) is 7.43. The van der Waals surface area contributed by atoms with Crippen molar-refractivity contribution in [3.63, 3.8) is 0 Å². The van der Waals surface area contributed by atoms with E-state index in [0.717, 1.165) is 29.7 Å². The van der Waals surface area contributed by atoms with E-state index in [9.17, 15) is 0 Å². The fourth-order valence-corrected chi connectivity index (χ4v) is 4.53. The molecule has 1 aromatic carbocycles. The molecule has 3 fully saturated rings. The maximum absolute atomic E-state index is 6.31. The van der Waals surface area contributed by atoms with Crippen LogP contribution in [0.25, 0.3) is 0 Å². The van der Waals surface area contributed by atoms with Crippen LogP contribution in [0.15, 0.2) is 18.2 Å². The highest BCUT2D eigenvalue weighted by atomic mass is 35.5. The van der Waals surface area contributed by atoms with Crippen molar-refractivity contribution < 1.29 is 4.74 Å². The zero-order valence-corrected chi connectivity index (χ0v) is 13.5. The van der Waals surface area contributed by atoms with Gasteiger partial charge in [-0.3, -0.25) is 0 Å². The largest absolute Gasteiger partial charge is 0.378 e. The summed E-state index contributed by atoms with van der Waals surface area (Å²) in [6, 6.07) is 6.53. The predicted molar refractivity (Wildman–Crippen MR) is 85.7 cm³/mol. The van der Waals surface area contributed by atoms with Crippen molar-refractivity contribution in [2.24, 2.45) is 11.8 Å². The van der Waals surface area contributed by atoms with Crippen molar-refractivity contribution in [2.75, 3.05) is 13.2 Å². The first-order valence-corrected chi connectivity index (χ1v) is 8.73. The predicted octanol–water partition coefficient (Wildman–Crippen LogP) is 4.04. The number of ether oxygens (including phenoxy) is 1. The molecule has 114 valence electrons. The molecule has 2 aliphatic carbocycles. The summed E-state index contributed by atoms with van der Waals surface area (Å²) in [4.78, 5) is 0. The molecule has 0 aromatic heterocycles. The normalized spacial score (nSPS) is 35.1. The van der Waals surface area contributed by atoms with Crippen LogP contribution < -0.4 is 5.32 Å². The van der Waals surface area contributed by atoms with Gasteiger partial charge in [0.25, 0.3) is 0 Å². The molecule has 2 nitrogen and oxygen atoms in total. The summed E-state index contributed by atoms with van der Waals surface area (Å²) in [5, 5.41) is 4.54. The van der Waals surface area contributed by atoms with Crippen LogP contribution in [0.2, 0.25) is 5.02 Å². The second kappa shape index (κ2) is 5.26. The van der Waals surface area contributed by atoms with Crippen molar-refractivity contribution in [1.29, 1.82) is 0 Å². The van der Waals surface area contributed by atoms with Crippen molar-refractivity contribution >= 4 is 11.6 Å². The van der Waals surface area contributed by atoms with E-state index >= 15 is 0 Å². The number of rotatable bonds is 4. The number of hydrogen-bond donors (Lipinski definition) is 1. The lowest BCUT2D eigenvalue weighted by atomic mass is 9.95.